The topological polar surface area (TPSA) is 44.4 Å². The van der Waals surface area contributed by atoms with Crippen LogP contribution in [-0.4, -0.2) is 50.6 Å². The van der Waals surface area contributed by atoms with E-state index in [-0.39, 0.29) is 5.91 Å². The summed E-state index contributed by atoms with van der Waals surface area (Å²) in [6.07, 6.45) is 8.80. The molecule has 0 aromatic rings. The Morgan fingerprint density at radius 2 is 1.83 bits per heavy atom. The van der Waals surface area contributed by atoms with Gasteiger partial charge in [0.05, 0.1) is 6.54 Å². The molecule has 0 saturated heterocycles. The first-order valence-corrected chi connectivity index (χ1v) is 7.33. The Labute approximate surface area is 111 Å². The number of carbonyl (C=O) groups excluding carboxylic acids is 1. The van der Waals surface area contributed by atoms with E-state index in [0.29, 0.717) is 12.6 Å². The molecule has 0 aromatic heterocycles. The van der Waals surface area contributed by atoms with Gasteiger partial charge in [0, 0.05) is 12.6 Å². The number of carbonyl (C=O) groups is 1. The van der Waals surface area contributed by atoms with Crippen molar-refractivity contribution in [3.63, 3.8) is 0 Å². The summed E-state index contributed by atoms with van der Waals surface area (Å²) in [5.41, 5.74) is 0. The molecule has 1 aliphatic rings. The van der Waals surface area contributed by atoms with Crippen molar-refractivity contribution in [3.8, 4) is 0 Å². The third kappa shape index (κ3) is 7.67. The van der Waals surface area contributed by atoms with Gasteiger partial charge in [-0.05, 0) is 39.9 Å². The van der Waals surface area contributed by atoms with Crippen LogP contribution in [0.4, 0.5) is 0 Å². The first-order chi connectivity index (χ1) is 8.68. The van der Waals surface area contributed by atoms with Crippen molar-refractivity contribution in [1.29, 1.82) is 0 Å². The first-order valence-electron chi connectivity index (χ1n) is 7.33. The van der Waals surface area contributed by atoms with Crippen LogP contribution >= 0.6 is 0 Å². The molecular formula is C14H29N3O. The van der Waals surface area contributed by atoms with Crippen molar-refractivity contribution in [2.24, 2.45) is 0 Å². The van der Waals surface area contributed by atoms with Crippen LogP contribution < -0.4 is 10.6 Å². The Kier molecular flexibility index (Phi) is 8.01. The van der Waals surface area contributed by atoms with E-state index in [4.69, 9.17) is 0 Å². The molecule has 0 spiro atoms. The first kappa shape index (κ1) is 15.4. The molecule has 1 amide bonds. The van der Waals surface area contributed by atoms with E-state index in [1.54, 1.807) is 0 Å². The summed E-state index contributed by atoms with van der Waals surface area (Å²) in [4.78, 5) is 13.8. The molecule has 18 heavy (non-hydrogen) atoms. The monoisotopic (exact) mass is 255 g/mol. The number of hydrogen-bond donors (Lipinski definition) is 2. The average Bonchev–Trinajstić information content (AvgIpc) is 2.60. The van der Waals surface area contributed by atoms with Crippen molar-refractivity contribution in [1.82, 2.24) is 15.5 Å². The molecule has 4 nitrogen and oxygen atoms in total. The Hall–Kier alpha value is -0.610. The fraction of sp³-hybridized carbons (Fsp3) is 0.929. The summed E-state index contributed by atoms with van der Waals surface area (Å²) in [7, 11) is 4.10. The predicted octanol–water partition coefficient (Wildman–Crippen LogP) is 1.37. The van der Waals surface area contributed by atoms with Gasteiger partial charge in [-0.2, -0.15) is 0 Å². The summed E-state index contributed by atoms with van der Waals surface area (Å²) < 4.78 is 0. The van der Waals surface area contributed by atoms with Crippen LogP contribution in [0.25, 0.3) is 0 Å². The van der Waals surface area contributed by atoms with Crippen LogP contribution in [0.5, 0.6) is 0 Å². The maximum atomic E-state index is 11.6. The lowest BCUT2D eigenvalue weighted by molar-refractivity contribution is -0.120. The Morgan fingerprint density at radius 3 is 2.44 bits per heavy atom. The van der Waals surface area contributed by atoms with E-state index in [2.05, 4.69) is 29.6 Å². The fourth-order valence-corrected chi connectivity index (χ4v) is 2.41. The highest BCUT2D eigenvalue weighted by Gasteiger charge is 2.12. The molecule has 0 heterocycles. The van der Waals surface area contributed by atoms with Gasteiger partial charge in [0.1, 0.15) is 0 Å². The second kappa shape index (κ2) is 9.34. The lowest BCUT2D eigenvalue weighted by Gasteiger charge is -2.16. The van der Waals surface area contributed by atoms with E-state index >= 15 is 0 Å². The number of rotatable bonds is 7. The standard InChI is InChI=1S/C14H29N3O/c1-17(2)11-7-10-15-14(18)12-16-13-8-5-3-4-6-9-13/h13,16H,3-12H2,1-2H3,(H,15,18). The van der Waals surface area contributed by atoms with Crippen LogP contribution in [0, 0.1) is 0 Å². The normalized spacial score (nSPS) is 17.7. The van der Waals surface area contributed by atoms with E-state index < -0.39 is 0 Å². The highest BCUT2D eigenvalue weighted by Crippen LogP contribution is 2.16. The number of hydrogen-bond acceptors (Lipinski definition) is 3. The molecule has 1 saturated carbocycles. The zero-order chi connectivity index (χ0) is 13.2. The van der Waals surface area contributed by atoms with Crippen molar-refractivity contribution >= 4 is 5.91 Å². The molecule has 0 radical (unpaired) electrons. The van der Waals surface area contributed by atoms with Crippen molar-refractivity contribution in [2.45, 2.75) is 51.0 Å². The maximum Gasteiger partial charge on any atom is 0.233 e. The van der Waals surface area contributed by atoms with Crippen LogP contribution in [0.3, 0.4) is 0 Å². The van der Waals surface area contributed by atoms with Crippen LogP contribution in [-0.2, 0) is 4.79 Å². The minimum absolute atomic E-state index is 0.137. The number of nitrogens with one attached hydrogen (secondary N) is 2. The fourth-order valence-electron chi connectivity index (χ4n) is 2.41. The molecule has 0 atom stereocenters. The third-order valence-electron chi connectivity index (χ3n) is 3.51. The Bertz CT molecular complexity index is 223. The lowest BCUT2D eigenvalue weighted by atomic mass is 10.1. The minimum atomic E-state index is 0.137. The highest BCUT2D eigenvalue weighted by atomic mass is 16.1. The van der Waals surface area contributed by atoms with Gasteiger partial charge in [-0.15, -0.1) is 0 Å². The Morgan fingerprint density at radius 1 is 1.17 bits per heavy atom. The molecule has 1 aliphatic carbocycles. The summed E-state index contributed by atoms with van der Waals surface area (Å²) in [5.74, 6) is 0.137. The third-order valence-corrected chi connectivity index (χ3v) is 3.51. The van der Waals surface area contributed by atoms with Gasteiger partial charge in [-0.1, -0.05) is 25.7 Å². The summed E-state index contributed by atoms with van der Waals surface area (Å²) in [6, 6.07) is 0.556. The van der Waals surface area contributed by atoms with Crippen LogP contribution in [0.15, 0.2) is 0 Å². The Balaban J connectivity index is 2.01. The summed E-state index contributed by atoms with van der Waals surface area (Å²) in [6.45, 7) is 2.28. The summed E-state index contributed by atoms with van der Waals surface area (Å²) >= 11 is 0. The van der Waals surface area contributed by atoms with Gasteiger partial charge in [0.15, 0.2) is 0 Å². The molecule has 2 N–H and O–H groups in total. The molecule has 0 aliphatic heterocycles. The maximum absolute atomic E-state index is 11.6. The van der Waals surface area contributed by atoms with E-state index in [0.717, 1.165) is 19.5 Å². The van der Waals surface area contributed by atoms with Gasteiger partial charge in [-0.25, -0.2) is 0 Å². The lowest BCUT2D eigenvalue weighted by Crippen LogP contribution is -2.39. The van der Waals surface area contributed by atoms with Crippen molar-refractivity contribution < 1.29 is 4.79 Å². The van der Waals surface area contributed by atoms with Gasteiger partial charge in [0.25, 0.3) is 0 Å². The van der Waals surface area contributed by atoms with Gasteiger partial charge >= 0.3 is 0 Å². The number of amides is 1. The van der Waals surface area contributed by atoms with Crippen LogP contribution in [0.2, 0.25) is 0 Å². The molecular weight excluding hydrogens is 226 g/mol. The van der Waals surface area contributed by atoms with Crippen molar-refractivity contribution in [3.05, 3.63) is 0 Å². The van der Waals surface area contributed by atoms with E-state index in [1.165, 1.54) is 38.5 Å². The molecule has 0 aromatic carbocycles. The van der Waals surface area contributed by atoms with E-state index in [1.807, 2.05) is 0 Å². The smallest absolute Gasteiger partial charge is 0.233 e. The van der Waals surface area contributed by atoms with Crippen molar-refractivity contribution in [2.75, 3.05) is 33.7 Å². The zero-order valence-electron chi connectivity index (χ0n) is 12.0. The molecule has 106 valence electrons. The SMILES string of the molecule is CN(C)CCCNC(=O)CNC1CCCCCC1. The number of nitrogens with zero attached hydrogens (tertiary/aromatic N) is 1. The van der Waals surface area contributed by atoms with Gasteiger partial charge in [-0.3, -0.25) is 4.79 Å². The largest absolute Gasteiger partial charge is 0.355 e. The highest BCUT2D eigenvalue weighted by molar-refractivity contribution is 5.77. The summed E-state index contributed by atoms with van der Waals surface area (Å²) in [5, 5.41) is 6.35. The predicted molar refractivity (Wildman–Crippen MR) is 75.7 cm³/mol. The van der Waals surface area contributed by atoms with E-state index in [9.17, 15) is 4.79 Å². The molecule has 1 fully saturated rings. The van der Waals surface area contributed by atoms with Gasteiger partial charge < -0.3 is 15.5 Å². The molecule has 0 bridgehead atoms. The molecule has 4 heteroatoms. The second-order valence-corrected chi connectivity index (χ2v) is 5.58. The van der Waals surface area contributed by atoms with Crippen LogP contribution in [0.1, 0.15) is 44.9 Å². The second-order valence-electron chi connectivity index (χ2n) is 5.58. The van der Waals surface area contributed by atoms with Gasteiger partial charge in [0.2, 0.25) is 5.91 Å². The molecule has 0 unspecified atom stereocenters. The molecule has 1 rings (SSSR count). The quantitative estimate of drug-likeness (QED) is 0.533. The zero-order valence-corrected chi connectivity index (χ0v) is 12.0. The average molecular weight is 255 g/mol. The minimum Gasteiger partial charge on any atom is -0.355 e.